The third-order valence-electron chi connectivity index (χ3n) is 3.03. The summed E-state index contributed by atoms with van der Waals surface area (Å²) >= 11 is 2.18. The topological polar surface area (TPSA) is 59.3 Å². The van der Waals surface area contributed by atoms with E-state index in [0.717, 1.165) is 3.57 Å². The van der Waals surface area contributed by atoms with Gasteiger partial charge in [0.15, 0.2) is 0 Å². The molecule has 0 fully saturated rings. The smallest absolute Gasteiger partial charge is 0.262 e. The summed E-state index contributed by atoms with van der Waals surface area (Å²) in [5.41, 5.74) is 0.758. The van der Waals surface area contributed by atoms with Crippen molar-refractivity contribution in [3.8, 4) is 0 Å². The number of hydrogen-bond acceptors (Lipinski definition) is 3. The monoisotopic (exact) mass is 391 g/mol. The number of para-hydroxylation sites is 1. The number of carbonyl (C=O) groups is 1. The minimum absolute atomic E-state index is 0.00718. The van der Waals surface area contributed by atoms with Crippen LogP contribution >= 0.6 is 22.6 Å². The molecule has 1 aromatic heterocycles. The van der Waals surface area contributed by atoms with Gasteiger partial charge in [0.2, 0.25) is 5.43 Å². The van der Waals surface area contributed by atoms with Gasteiger partial charge in [-0.15, -0.1) is 0 Å². The van der Waals surface area contributed by atoms with Gasteiger partial charge in [0.1, 0.15) is 17.4 Å². The Bertz CT molecular complexity index is 869. The van der Waals surface area contributed by atoms with E-state index in [0.29, 0.717) is 16.7 Å². The fourth-order valence-electron chi connectivity index (χ4n) is 1.97. The van der Waals surface area contributed by atoms with Gasteiger partial charge < -0.3 is 9.73 Å². The predicted octanol–water partition coefficient (Wildman–Crippen LogP) is 3.65. The second-order valence-corrected chi connectivity index (χ2v) is 5.68. The molecule has 0 spiro atoms. The first kappa shape index (κ1) is 13.8. The van der Waals surface area contributed by atoms with Crippen molar-refractivity contribution in [2.24, 2.45) is 0 Å². The molecule has 0 radical (unpaired) electrons. The van der Waals surface area contributed by atoms with Gasteiger partial charge in [0.05, 0.1) is 5.39 Å². The summed E-state index contributed by atoms with van der Waals surface area (Å²) in [4.78, 5) is 24.5. The van der Waals surface area contributed by atoms with Crippen molar-refractivity contribution >= 4 is 45.2 Å². The van der Waals surface area contributed by atoms with Gasteiger partial charge in [-0.2, -0.15) is 0 Å². The molecule has 0 bridgehead atoms. The summed E-state index contributed by atoms with van der Waals surface area (Å²) in [6, 6.07) is 14.2. The Kier molecular flexibility index (Phi) is 3.74. The van der Waals surface area contributed by atoms with Gasteiger partial charge in [-0.05, 0) is 59.0 Å². The second-order valence-electron chi connectivity index (χ2n) is 4.44. The maximum atomic E-state index is 12.3. The first-order valence-corrected chi connectivity index (χ1v) is 7.30. The highest BCUT2D eigenvalue weighted by Gasteiger charge is 2.14. The Balaban J connectivity index is 1.96. The highest BCUT2D eigenvalue weighted by molar-refractivity contribution is 14.1. The van der Waals surface area contributed by atoms with Gasteiger partial charge in [-0.25, -0.2) is 0 Å². The van der Waals surface area contributed by atoms with Gasteiger partial charge in [0, 0.05) is 9.26 Å². The molecule has 1 heterocycles. The van der Waals surface area contributed by atoms with Crippen LogP contribution in [0.15, 0.2) is 64.0 Å². The summed E-state index contributed by atoms with van der Waals surface area (Å²) in [6.07, 6.45) is 1.20. The van der Waals surface area contributed by atoms with Crippen molar-refractivity contribution in [2.45, 2.75) is 0 Å². The van der Waals surface area contributed by atoms with Crippen LogP contribution in [0.5, 0.6) is 0 Å². The number of amides is 1. The molecule has 21 heavy (non-hydrogen) atoms. The molecule has 5 heteroatoms. The van der Waals surface area contributed by atoms with Crippen LogP contribution in [-0.2, 0) is 0 Å². The van der Waals surface area contributed by atoms with E-state index in [9.17, 15) is 9.59 Å². The van der Waals surface area contributed by atoms with Crippen LogP contribution in [0.1, 0.15) is 10.4 Å². The molecular formula is C16H10INO3. The Hall–Kier alpha value is -2.15. The zero-order chi connectivity index (χ0) is 14.8. The molecule has 1 amide bonds. The van der Waals surface area contributed by atoms with E-state index in [1.807, 2.05) is 12.1 Å². The molecule has 0 unspecified atom stereocenters. The number of benzene rings is 2. The number of rotatable bonds is 2. The average Bonchev–Trinajstić information content (AvgIpc) is 2.50. The largest absolute Gasteiger partial charge is 0.463 e. The van der Waals surface area contributed by atoms with Crippen molar-refractivity contribution in [3.63, 3.8) is 0 Å². The number of fused-ring (bicyclic) bond motifs is 1. The lowest BCUT2D eigenvalue weighted by molar-refractivity contribution is 0.102. The maximum Gasteiger partial charge on any atom is 0.262 e. The van der Waals surface area contributed by atoms with Crippen molar-refractivity contribution in [3.05, 3.63) is 74.2 Å². The molecule has 1 N–H and O–H groups in total. The fraction of sp³-hybridized carbons (Fsp3) is 0. The van der Waals surface area contributed by atoms with Crippen molar-refractivity contribution in [1.82, 2.24) is 0 Å². The van der Waals surface area contributed by atoms with E-state index < -0.39 is 5.91 Å². The highest BCUT2D eigenvalue weighted by atomic mass is 127. The Labute approximate surface area is 133 Å². The molecule has 104 valence electrons. The van der Waals surface area contributed by atoms with Crippen LogP contribution in [-0.4, -0.2) is 5.91 Å². The lowest BCUT2D eigenvalue weighted by Crippen LogP contribution is -2.21. The Morgan fingerprint density at radius 3 is 2.52 bits per heavy atom. The van der Waals surface area contributed by atoms with E-state index in [-0.39, 0.29) is 11.0 Å². The third kappa shape index (κ3) is 2.82. The van der Waals surface area contributed by atoms with E-state index in [4.69, 9.17) is 4.42 Å². The first-order valence-electron chi connectivity index (χ1n) is 6.22. The lowest BCUT2D eigenvalue weighted by atomic mass is 10.1. The number of hydrogen-bond donors (Lipinski definition) is 1. The van der Waals surface area contributed by atoms with Crippen molar-refractivity contribution < 1.29 is 9.21 Å². The lowest BCUT2D eigenvalue weighted by Gasteiger charge is -2.05. The summed E-state index contributed by atoms with van der Waals surface area (Å²) in [5, 5.41) is 3.08. The van der Waals surface area contributed by atoms with Gasteiger partial charge in [-0.3, -0.25) is 9.59 Å². The molecule has 0 saturated heterocycles. The minimum Gasteiger partial charge on any atom is -0.463 e. The van der Waals surface area contributed by atoms with Crippen molar-refractivity contribution in [1.29, 1.82) is 0 Å². The van der Waals surface area contributed by atoms with Crippen molar-refractivity contribution in [2.75, 3.05) is 5.32 Å². The molecule has 0 saturated carbocycles. The quantitative estimate of drug-likeness (QED) is 0.679. The number of carbonyl (C=O) groups excluding carboxylic acids is 1. The molecule has 0 aliphatic carbocycles. The molecule has 4 nitrogen and oxygen atoms in total. The van der Waals surface area contributed by atoms with Crippen LogP contribution in [0.3, 0.4) is 0 Å². The minimum atomic E-state index is -0.476. The van der Waals surface area contributed by atoms with E-state index >= 15 is 0 Å². The van der Waals surface area contributed by atoms with Gasteiger partial charge >= 0.3 is 0 Å². The van der Waals surface area contributed by atoms with Gasteiger partial charge in [-0.1, -0.05) is 12.1 Å². The average molecular weight is 391 g/mol. The number of nitrogens with one attached hydrogen (secondary N) is 1. The zero-order valence-electron chi connectivity index (χ0n) is 10.8. The molecule has 0 atom stereocenters. The molecular weight excluding hydrogens is 381 g/mol. The second kappa shape index (κ2) is 5.69. The summed E-state index contributed by atoms with van der Waals surface area (Å²) in [5.74, 6) is -0.476. The number of halogens is 1. The SMILES string of the molecule is O=C(Nc1ccc(I)cc1)c1coc2ccccc2c1=O. The summed E-state index contributed by atoms with van der Waals surface area (Å²) in [6.45, 7) is 0. The normalized spacial score (nSPS) is 10.5. The fourth-order valence-corrected chi connectivity index (χ4v) is 2.33. The van der Waals surface area contributed by atoms with E-state index in [1.54, 1.807) is 36.4 Å². The first-order chi connectivity index (χ1) is 10.1. The van der Waals surface area contributed by atoms with Crippen LogP contribution in [0.2, 0.25) is 0 Å². The summed E-state index contributed by atoms with van der Waals surface area (Å²) in [7, 11) is 0. The molecule has 0 aliphatic heterocycles. The highest BCUT2D eigenvalue weighted by Crippen LogP contribution is 2.14. The number of anilines is 1. The summed E-state index contributed by atoms with van der Waals surface area (Å²) < 4.78 is 6.41. The predicted molar refractivity (Wildman–Crippen MR) is 89.6 cm³/mol. The van der Waals surface area contributed by atoms with E-state index in [1.165, 1.54) is 6.26 Å². The Morgan fingerprint density at radius 2 is 1.76 bits per heavy atom. The molecule has 0 aliphatic rings. The van der Waals surface area contributed by atoms with Crippen LogP contribution < -0.4 is 10.7 Å². The molecule has 3 aromatic rings. The maximum absolute atomic E-state index is 12.3. The molecule has 3 rings (SSSR count). The van der Waals surface area contributed by atoms with Crippen LogP contribution in [0, 0.1) is 3.57 Å². The molecule has 2 aromatic carbocycles. The zero-order valence-corrected chi connectivity index (χ0v) is 13.0. The standard InChI is InChI=1S/C16H10INO3/c17-10-5-7-11(8-6-10)18-16(20)13-9-21-14-4-2-1-3-12(14)15(13)19/h1-9H,(H,18,20). The van der Waals surface area contributed by atoms with Crippen LogP contribution in [0.25, 0.3) is 11.0 Å². The Morgan fingerprint density at radius 1 is 1.05 bits per heavy atom. The van der Waals surface area contributed by atoms with Crippen LogP contribution in [0.4, 0.5) is 5.69 Å². The van der Waals surface area contributed by atoms with E-state index in [2.05, 4.69) is 27.9 Å². The van der Waals surface area contributed by atoms with Gasteiger partial charge in [0.25, 0.3) is 5.91 Å². The third-order valence-corrected chi connectivity index (χ3v) is 3.75.